The van der Waals surface area contributed by atoms with Crippen LogP contribution in [0.25, 0.3) is 0 Å². The van der Waals surface area contributed by atoms with E-state index in [0.29, 0.717) is 17.6 Å². The first kappa shape index (κ1) is 11.3. The Morgan fingerprint density at radius 3 is 2.59 bits per heavy atom. The first-order chi connectivity index (χ1) is 8.14. The molecule has 1 nitrogen and oxygen atoms in total. The van der Waals surface area contributed by atoms with E-state index in [-0.39, 0.29) is 5.41 Å². The van der Waals surface area contributed by atoms with E-state index < -0.39 is 0 Å². The average Bonchev–Trinajstić information content (AvgIpc) is 2.84. The Bertz CT molecular complexity index is 407. The summed E-state index contributed by atoms with van der Waals surface area (Å²) in [7, 11) is 0. The van der Waals surface area contributed by atoms with Crippen LogP contribution in [-0.4, -0.2) is 5.78 Å². The molecule has 0 bridgehead atoms. The van der Waals surface area contributed by atoms with Crippen molar-refractivity contribution in [2.24, 2.45) is 17.3 Å². The maximum absolute atomic E-state index is 12.7. The lowest BCUT2D eigenvalue weighted by atomic mass is 9.69. The summed E-state index contributed by atoms with van der Waals surface area (Å²) in [4.78, 5) is 12.7. The molecule has 92 valence electrons. The molecule has 2 fully saturated rings. The summed E-state index contributed by atoms with van der Waals surface area (Å²) in [6.07, 6.45) is 11.8. The minimum atomic E-state index is 0.234. The monoisotopic (exact) mass is 230 g/mol. The molecule has 0 aliphatic heterocycles. The molecular weight excluding hydrogens is 208 g/mol. The van der Waals surface area contributed by atoms with E-state index in [9.17, 15) is 4.79 Å². The van der Waals surface area contributed by atoms with Gasteiger partial charge in [0.15, 0.2) is 5.78 Å². The van der Waals surface area contributed by atoms with Crippen LogP contribution in [0.1, 0.15) is 52.4 Å². The Morgan fingerprint density at radius 1 is 1.35 bits per heavy atom. The lowest BCUT2D eigenvalue weighted by molar-refractivity contribution is -0.118. The molecule has 0 amide bonds. The summed E-state index contributed by atoms with van der Waals surface area (Å²) in [6, 6.07) is 0. The summed E-state index contributed by atoms with van der Waals surface area (Å²) in [5, 5.41) is 0. The van der Waals surface area contributed by atoms with Gasteiger partial charge in [0.05, 0.1) is 0 Å². The highest BCUT2D eigenvalue weighted by molar-refractivity contribution is 6.01. The van der Waals surface area contributed by atoms with Crippen molar-refractivity contribution >= 4 is 5.78 Å². The predicted molar refractivity (Wildman–Crippen MR) is 69.6 cm³/mol. The third-order valence-corrected chi connectivity index (χ3v) is 5.05. The summed E-state index contributed by atoms with van der Waals surface area (Å²) < 4.78 is 0. The number of hydrogen-bond acceptors (Lipinski definition) is 1. The fraction of sp³-hybridized carbons (Fsp3) is 0.688. The SMILES string of the molecule is CC1=C(C(=O)C2CC2C)C2(CC=C1)CCCC2. The van der Waals surface area contributed by atoms with Gasteiger partial charge in [0, 0.05) is 16.9 Å². The van der Waals surface area contributed by atoms with E-state index in [0.717, 1.165) is 12.8 Å². The van der Waals surface area contributed by atoms with E-state index >= 15 is 0 Å². The molecule has 3 rings (SSSR count). The molecule has 2 saturated carbocycles. The van der Waals surface area contributed by atoms with Crippen LogP contribution in [0.15, 0.2) is 23.3 Å². The lowest BCUT2D eigenvalue weighted by Crippen LogP contribution is -2.28. The van der Waals surface area contributed by atoms with E-state index in [2.05, 4.69) is 26.0 Å². The van der Waals surface area contributed by atoms with Gasteiger partial charge in [0.2, 0.25) is 0 Å². The molecule has 2 atom stereocenters. The maximum atomic E-state index is 12.7. The molecule has 0 aromatic rings. The zero-order valence-electron chi connectivity index (χ0n) is 11.0. The zero-order chi connectivity index (χ0) is 12.0. The smallest absolute Gasteiger partial charge is 0.163 e. The van der Waals surface area contributed by atoms with Crippen molar-refractivity contribution in [3.8, 4) is 0 Å². The van der Waals surface area contributed by atoms with Gasteiger partial charge in [-0.05, 0) is 44.1 Å². The minimum absolute atomic E-state index is 0.234. The fourth-order valence-corrected chi connectivity index (χ4v) is 3.90. The van der Waals surface area contributed by atoms with Crippen LogP contribution < -0.4 is 0 Å². The van der Waals surface area contributed by atoms with Gasteiger partial charge in [0.25, 0.3) is 0 Å². The molecule has 1 spiro atoms. The van der Waals surface area contributed by atoms with E-state index in [1.165, 1.54) is 36.8 Å². The second-order valence-electron chi connectivity index (χ2n) is 6.34. The van der Waals surface area contributed by atoms with Crippen molar-refractivity contribution in [1.29, 1.82) is 0 Å². The van der Waals surface area contributed by atoms with E-state index in [1.807, 2.05) is 0 Å². The third kappa shape index (κ3) is 1.71. The van der Waals surface area contributed by atoms with Gasteiger partial charge in [-0.1, -0.05) is 31.9 Å². The zero-order valence-corrected chi connectivity index (χ0v) is 11.0. The number of ketones is 1. The summed E-state index contributed by atoms with van der Waals surface area (Å²) in [5.74, 6) is 1.47. The highest BCUT2D eigenvalue weighted by atomic mass is 16.1. The summed E-state index contributed by atoms with van der Waals surface area (Å²) >= 11 is 0. The normalized spacial score (nSPS) is 34.5. The molecular formula is C16H22O. The topological polar surface area (TPSA) is 17.1 Å². The fourth-order valence-electron chi connectivity index (χ4n) is 3.90. The number of Topliss-reactive ketones (excluding diaryl/α,β-unsaturated/α-hetero) is 1. The third-order valence-electron chi connectivity index (χ3n) is 5.05. The van der Waals surface area contributed by atoms with E-state index in [1.54, 1.807) is 0 Å². The van der Waals surface area contributed by atoms with Crippen LogP contribution in [0, 0.1) is 17.3 Å². The average molecular weight is 230 g/mol. The molecule has 1 heteroatoms. The second-order valence-corrected chi connectivity index (χ2v) is 6.34. The molecule has 3 aliphatic rings. The first-order valence-corrected chi connectivity index (χ1v) is 7.06. The van der Waals surface area contributed by atoms with Crippen LogP contribution in [0.3, 0.4) is 0 Å². The van der Waals surface area contributed by atoms with Crippen LogP contribution in [0.4, 0.5) is 0 Å². The molecule has 0 aromatic heterocycles. The number of carbonyl (C=O) groups is 1. The number of hydrogen-bond donors (Lipinski definition) is 0. The Labute approximate surface area is 104 Å². The minimum Gasteiger partial charge on any atom is -0.294 e. The quantitative estimate of drug-likeness (QED) is 0.699. The van der Waals surface area contributed by atoms with Crippen molar-refractivity contribution in [2.75, 3.05) is 0 Å². The molecule has 0 N–H and O–H groups in total. The molecule has 3 aliphatic carbocycles. The summed E-state index contributed by atoms with van der Waals surface area (Å²) in [6.45, 7) is 4.34. The van der Waals surface area contributed by atoms with Gasteiger partial charge in [-0.15, -0.1) is 0 Å². The Balaban J connectivity index is 1.96. The molecule has 0 saturated heterocycles. The Hall–Kier alpha value is -0.850. The number of carbonyl (C=O) groups excluding carboxylic acids is 1. The maximum Gasteiger partial charge on any atom is 0.163 e. The Kier molecular flexibility index (Phi) is 2.53. The van der Waals surface area contributed by atoms with Crippen LogP contribution in [0.5, 0.6) is 0 Å². The Morgan fingerprint density at radius 2 is 2.00 bits per heavy atom. The van der Waals surface area contributed by atoms with E-state index in [4.69, 9.17) is 0 Å². The standard InChI is InChI=1S/C16H22O/c1-11-6-5-9-16(7-3-4-8-16)14(11)15(17)13-10-12(13)2/h5-6,12-13H,3-4,7-10H2,1-2H3. The van der Waals surface area contributed by atoms with Gasteiger partial charge in [0.1, 0.15) is 0 Å². The van der Waals surface area contributed by atoms with Crippen molar-refractivity contribution in [2.45, 2.75) is 52.4 Å². The van der Waals surface area contributed by atoms with Gasteiger partial charge in [-0.2, -0.15) is 0 Å². The predicted octanol–water partition coefficient (Wildman–Crippen LogP) is 4.05. The van der Waals surface area contributed by atoms with Gasteiger partial charge >= 0.3 is 0 Å². The molecule has 0 radical (unpaired) electrons. The van der Waals surface area contributed by atoms with Crippen molar-refractivity contribution < 1.29 is 4.79 Å². The largest absolute Gasteiger partial charge is 0.294 e. The van der Waals surface area contributed by atoms with Crippen molar-refractivity contribution in [1.82, 2.24) is 0 Å². The van der Waals surface area contributed by atoms with Gasteiger partial charge in [-0.3, -0.25) is 4.79 Å². The van der Waals surface area contributed by atoms with Crippen LogP contribution in [0.2, 0.25) is 0 Å². The number of allylic oxidation sites excluding steroid dienone is 4. The van der Waals surface area contributed by atoms with Gasteiger partial charge in [-0.25, -0.2) is 0 Å². The number of rotatable bonds is 2. The molecule has 0 aromatic carbocycles. The lowest BCUT2D eigenvalue weighted by Gasteiger charge is -2.34. The second kappa shape index (κ2) is 3.83. The molecule has 0 heterocycles. The van der Waals surface area contributed by atoms with Crippen LogP contribution in [-0.2, 0) is 4.79 Å². The van der Waals surface area contributed by atoms with Gasteiger partial charge < -0.3 is 0 Å². The van der Waals surface area contributed by atoms with Crippen molar-refractivity contribution in [3.63, 3.8) is 0 Å². The highest BCUT2D eigenvalue weighted by Gasteiger charge is 2.48. The summed E-state index contributed by atoms with van der Waals surface area (Å²) in [5.41, 5.74) is 2.70. The highest BCUT2D eigenvalue weighted by Crippen LogP contribution is 2.53. The molecule has 2 unspecified atom stereocenters. The first-order valence-electron chi connectivity index (χ1n) is 7.06. The van der Waals surface area contributed by atoms with Crippen LogP contribution >= 0.6 is 0 Å². The van der Waals surface area contributed by atoms with Crippen molar-refractivity contribution in [3.05, 3.63) is 23.3 Å². The molecule has 17 heavy (non-hydrogen) atoms.